The van der Waals surface area contributed by atoms with Crippen LogP contribution in [0.1, 0.15) is 65.7 Å². The number of anilines is 1. The van der Waals surface area contributed by atoms with Gasteiger partial charge in [0.2, 0.25) is 5.91 Å². The molecule has 0 aromatic carbocycles. The molecular weight excluding hydrogens is 432 g/mol. The lowest BCUT2D eigenvalue weighted by molar-refractivity contribution is -0.113. The van der Waals surface area contributed by atoms with Crippen LogP contribution in [0.25, 0.3) is 0 Å². The second kappa shape index (κ2) is 9.56. The average molecular weight is 461 g/mol. The summed E-state index contributed by atoms with van der Waals surface area (Å²) in [5.41, 5.74) is 1.59. The number of esters is 1. The van der Waals surface area contributed by atoms with E-state index < -0.39 is 0 Å². The number of carbonyl (C=O) groups is 2. The summed E-state index contributed by atoms with van der Waals surface area (Å²) in [6.45, 7) is 8.77. The molecule has 0 bridgehead atoms. The molecule has 0 radical (unpaired) electrons. The Morgan fingerprint density at radius 1 is 1.35 bits per heavy atom. The van der Waals surface area contributed by atoms with Gasteiger partial charge in [0.15, 0.2) is 5.16 Å². The minimum atomic E-state index is -0.350. The summed E-state index contributed by atoms with van der Waals surface area (Å²) >= 11 is 2.87. The quantitative estimate of drug-likeness (QED) is 0.338. The third kappa shape index (κ3) is 4.87. The van der Waals surface area contributed by atoms with Crippen LogP contribution in [0.4, 0.5) is 5.00 Å². The van der Waals surface area contributed by atoms with E-state index in [0.29, 0.717) is 35.6 Å². The summed E-state index contributed by atoms with van der Waals surface area (Å²) in [5, 5.41) is 12.9. The van der Waals surface area contributed by atoms with Gasteiger partial charge in [-0.25, -0.2) is 4.79 Å². The summed E-state index contributed by atoms with van der Waals surface area (Å²) < 4.78 is 7.32. The SMILES string of the molecule is C=CCn1c(SCC(=O)Nc2sc3c(c2C(=O)OCC)CCC(C)C3)nnc1C1CC1. The highest BCUT2D eigenvalue weighted by atomic mass is 32.2. The standard InChI is InChI=1S/C22H28N4O3S2/c1-4-10-26-19(14-7-8-14)24-25-22(26)30-12-17(27)23-20-18(21(28)29-5-2)15-9-6-13(3)11-16(15)31-20/h4,13-14H,1,5-12H2,2-3H3,(H,23,27). The highest BCUT2D eigenvalue weighted by molar-refractivity contribution is 7.99. The van der Waals surface area contributed by atoms with Crippen LogP contribution in [-0.4, -0.2) is 39.0 Å². The van der Waals surface area contributed by atoms with Gasteiger partial charge in [0, 0.05) is 17.3 Å². The van der Waals surface area contributed by atoms with Crippen LogP contribution in [0.2, 0.25) is 0 Å². The van der Waals surface area contributed by atoms with E-state index in [2.05, 4.69) is 29.0 Å². The van der Waals surface area contributed by atoms with Crippen LogP contribution in [0, 0.1) is 5.92 Å². The number of hydrogen-bond acceptors (Lipinski definition) is 7. The van der Waals surface area contributed by atoms with Crippen molar-refractivity contribution >= 4 is 40.0 Å². The number of allylic oxidation sites excluding steroid dienone is 1. The van der Waals surface area contributed by atoms with Gasteiger partial charge in [0.25, 0.3) is 0 Å². The number of aromatic nitrogens is 3. The maximum Gasteiger partial charge on any atom is 0.341 e. The fourth-order valence-electron chi connectivity index (χ4n) is 3.90. The number of nitrogens with one attached hydrogen (secondary N) is 1. The molecule has 1 atom stereocenters. The van der Waals surface area contributed by atoms with Gasteiger partial charge in [-0.15, -0.1) is 28.1 Å². The number of rotatable bonds is 9. The number of carbonyl (C=O) groups excluding carboxylic acids is 2. The summed E-state index contributed by atoms with van der Waals surface area (Å²) in [6.07, 6.45) is 6.92. The minimum absolute atomic E-state index is 0.164. The highest BCUT2D eigenvalue weighted by Crippen LogP contribution is 2.41. The Hall–Kier alpha value is -2.13. The first-order valence-corrected chi connectivity index (χ1v) is 12.6. The second-order valence-corrected chi connectivity index (χ2v) is 10.2. The van der Waals surface area contributed by atoms with Crippen molar-refractivity contribution in [2.45, 2.75) is 63.6 Å². The Morgan fingerprint density at radius 2 is 2.16 bits per heavy atom. The fourth-order valence-corrected chi connectivity index (χ4v) is 6.07. The number of ether oxygens (including phenoxy) is 1. The summed E-state index contributed by atoms with van der Waals surface area (Å²) in [4.78, 5) is 26.6. The molecule has 4 rings (SSSR count). The maximum absolute atomic E-state index is 12.8. The van der Waals surface area contributed by atoms with Gasteiger partial charge < -0.3 is 14.6 Å². The molecule has 1 amide bonds. The third-order valence-electron chi connectivity index (χ3n) is 5.58. The van der Waals surface area contributed by atoms with Gasteiger partial charge in [0.05, 0.1) is 17.9 Å². The fraction of sp³-hybridized carbons (Fsp3) is 0.545. The number of thioether (sulfide) groups is 1. The van der Waals surface area contributed by atoms with E-state index in [1.807, 2.05) is 10.6 Å². The molecule has 166 valence electrons. The molecule has 0 saturated heterocycles. The van der Waals surface area contributed by atoms with Crippen molar-refractivity contribution in [2.24, 2.45) is 5.92 Å². The Morgan fingerprint density at radius 3 is 2.87 bits per heavy atom. The van der Waals surface area contributed by atoms with Crippen LogP contribution in [0.3, 0.4) is 0 Å². The van der Waals surface area contributed by atoms with Crippen LogP contribution in [0.15, 0.2) is 17.8 Å². The largest absolute Gasteiger partial charge is 0.462 e. The first-order valence-electron chi connectivity index (χ1n) is 10.8. The molecule has 2 aliphatic rings. The summed E-state index contributed by atoms with van der Waals surface area (Å²) in [5.74, 6) is 1.72. The molecule has 1 N–H and O–H groups in total. The van der Waals surface area contributed by atoms with Gasteiger partial charge in [-0.1, -0.05) is 24.8 Å². The normalized spacial score (nSPS) is 17.8. The van der Waals surface area contributed by atoms with Gasteiger partial charge in [-0.3, -0.25) is 4.79 Å². The molecular formula is C22H28N4O3S2. The van der Waals surface area contributed by atoms with Crippen molar-refractivity contribution in [3.8, 4) is 0 Å². The van der Waals surface area contributed by atoms with E-state index in [0.717, 1.165) is 48.6 Å². The Bertz CT molecular complexity index is 993. The molecule has 2 heterocycles. The minimum Gasteiger partial charge on any atom is -0.462 e. The maximum atomic E-state index is 12.8. The van der Waals surface area contributed by atoms with Crippen molar-refractivity contribution in [2.75, 3.05) is 17.7 Å². The van der Waals surface area contributed by atoms with Crippen molar-refractivity contribution < 1.29 is 14.3 Å². The lowest BCUT2D eigenvalue weighted by Gasteiger charge is -2.18. The first kappa shape index (κ1) is 22.1. The molecule has 2 aliphatic carbocycles. The summed E-state index contributed by atoms with van der Waals surface area (Å²) in [7, 11) is 0. The van der Waals surface area contributed by atoms with E-state index >= 15 is 0 Å². The van der Waals surface area contributed by atoms with Crippen LogP contribution < -0.4 is 5.32 Å². The van der Waals surface area contributed by atoms with Crippen molar-refractivity contribution in [1.82, 2.24) is 14.8 Å². The molecule has 9 heteroatoms. The monoisotopic (exact) mass is 460 g/mol. The lowest BCUT2D eigenvalue weighted by atomic mass is 9.88. The van der Waals surface area contributed by atoms with Gasteiger partial charge in [0.1, 0.15) is 10.8 Å². The topological polar surface area (TPSA) is 86.1 Å². The molecule has 31 heavy (non-hydrogen) atoms. The number of thiophene rings is 1. The number of hydrogen-bond donors (Lipinski definition) is 1. The third-order valence-corrected chi connectivity index (χ3v) is 7.71. The summed E-state index contributed by atoms with van der Waals surface area (Å²) in [6, 6.07) is 0. The number of amides is 1. The molecule has 2 aromatic rings. The van der Waals surface area contributed by atoms with E-state index in [1.54, 1.807) is 6.92 Å². The molecule has 0 spiro atoms. The van der Waals surface area contributed by atoms with Crippen LogP contribution in [0.5, 0.6) is 0 Å². The van der Waals surface area contributed by atoms with Gasteiger partial charge in [-0.2, -0.15) is 0 Å². The zero-order valence-corrected chi connectivity index (χ0v) is 19.6. The Labute approximate surface area is 190 Å². The van der Waals surface area contributed by atoms with E-state index in [4.69, 9.17) is 4.74 Å². The molecule has 1 fully saturated rings. The van der Waals surface area contributed by atoms with Crippen molar-refractivity contribution in [1.29, 1.82) is 0 Å². The first-order chi connectivity index (χ1) is 15.0. The number of nitrogens with zero attached hydrogens (tertiary/aromatic N) is 3. The molecule has 2 aromatic heterocycles. The van der Waals surface area contributed by atoms with Gasteiger partial charge >= 0.3 is 5.97 Å². The van der Waals surface area contributed by atoms with Crippen LogP contribution >= 0.6 is 23.1 Å². The molecule has 0 aliphatic heterocycles. The highest BCUT2D eigenvalue weighted by Gasteiger charge is 2.31. The lowest BCUT2D eigenvalue weighted by Crippen LogP contribution is -2.18. The average Bonchev–Trinajstić information content (AvgIpc) is 3.40. The Kier molecular flexibility index (Phi) is 6.81. The smallest absolute Gasteiger partial charge is 0.341 e. The predicted octanol–water partition coefficient (Wildman–Crippen LogP) is 4.44. The molecule has 1 saturated carbocycles. The van der Waals surface area contributed by atoms with Gasteiger partial charge in [-0.05, 0) is 50.5 Å². The Balaban J connectivity index is 1.47. The van der Waals surface area contributed by atoms with E-state index in [1.165, 1.54) is 28.0 Å². The van der Waals surface area contributed by atoms with E-state index in [9.17, 15) is 9.59 Å². The molecule has 7 nitrogen and oxygen atoms in total. The second-order valence-electron chi connectivity index (χ2n) is 8.13. The van der Waals surface area contributed by atoms with Crippen LogP contribution in [-0.2, 0) is 28.9 Å². The predicted molar refractivity (Wildman–Crippen MR) is 123 cm³/mol. The van der Waals surface area contributed by atoms with Crippen molar-refractivity contribution in [3.05, 3.63) is 34.5 Å². The number of fused-ring (bicyclic) bond motifs is 1. The zero-order valence-electron chi connectivity index (χ0n) is 18.0. The zero-order chi connectivity index (χ0) is 22.0. The van der Waals surface area contributed by atoms with Crippen molar-refractivity contribution in [3.63, 3.8) is 0 Å². The molecule has 1 unspecified atom stereocenters. The van der Waals surface area contributed by atoms with E-state index in [-0.39, 0.29) is 17.6 Å².